The number of hydrogen-bond donors (Lipinski definition) is 1. The molecule has 2 heterocycles. The van der Waals surface area contributed by atoms with Crippen molar-refractivity contribution in [2.24, 2.45) is 17.8 Å². The van der Waals surface area contributed by atoms with E-state index in [4.69, 9.17) is 51.1 Å². The Morgan fingerprint density at radius 2 is 1.55 bits per heavy atom. The first kappa shape index (κ1) is 31.9. The van der Waals surface area contributed by atoms with E-state index in [-0.39, 0.29) is 35.1 Å². The summed E-state index contributed by atoms with van der Waals surface area (Å²) in [7, 11) is 1.32. The number of halogens is 5. The highest BCUT2D eigenvalue weighted by atomic mass is 35.5. The van der Waals surface area contributed by atoms with Gasteiger partial charge in [-0.3, -0.25) is 19.2 Å². The second-order valence-corrected chi connectivity index (χ2v) is 14.3. The molecule has 0 spiro atoms. The van der Waals surface area contributed by atoms with Gasteiger partial charge in [0.05, 0.1) is 35.3 Å². The van der Waals surface area contributed by atoms with E-state index in [0.717, 1.165) is 27.5 Å². The molecule has 0 radical (unpaired) electrons. The Morgan fingerprint density at radius 1 is 0.872 bits per heavy atom. The average molecular weight is 718 g/mol. The first-order chi connectivity index (χ1) is 22.2. The van der Waals surface area contributed by atoms with Crippen molar-refractivity contribution >= 4 is 81.4 Å². The van der Waals surface area contributed by atoms with E-state index < -0.39 is 62.9 Å². The number of nitrogens with zero attached hydrogens (tertiary/aromatic N) is 2. The number of aryl methyl sites for hydroxylation is 1. The van der Waals surface area contributed by atoms with Gasteiger partial charge in [0.15, 0.2) is 21.2 Å². The lowest BCUT2D eigenvalue weighted by molar-refractivity contribution is -0.125. The molecule has 6 atom stereocenters. The number of phenolic OH excluding ortho intramolecular Hbond substituents is 1. The van der Waals surface area contributed by atoms with Crippen molar-refractivity contribution in [3.8, 4) is 11.5 Å². The predicted molar refractivity (Wildman–Crippen MR) is 175 cm³/mol. The number of anilines is 2. The number of amides is 4. The Balaban J connectivity index is 1.42. The van der Waals surface area contributed by atoms with Gasteiger partial charge in [-0.15, -0.1) is 23.2 Å². The lowest BCUT2D eigenvalue weighted by atomic mass is 9.56. The van der Waals surface area contributed by atoms with Gasteiger partial charge >= 0.3 is 0 Å². The first-order valence-electron chi connectivity index (χ1n) is 14.7. The minimum atomic E-state index is -2.17. The van der Waals surface area contributed by atoms with Crippen molar-refractivity contribution in [2.45, 2.75) is 35.4 Å². The third-order valence-electron chi connectivity index (χ3n) is 9.91. The summed E-state index contributed by atoms with van der Waals surface area (Å²) in [5.41, 5.74) is 1.95. The monoisotopic (exact) mass is 716 g/mol. The lowest BCUT2D eigenvalue weighted by Gasteiger charge is -2.50. The predicted octanol–water partition coefficient (Wildman–Crippen LogP) is 6.92. The highest BCUT2D eigenvalue weighted by molar-refractivity contribution is 6.58. The molecule has 7 rings (SSSR count). The van der Waals surface area contributed by atoms with Gasteiger partial charge in [0, 0.05) is 10.9 Å². The number of imide groups is 2. The summed E-state index contributed by atoms with van der Waals surface area (Å²) in [6.45, 7) is 1.80. The zero-order chi connectivity index (χ0) is 33.7. The molecule has 3 fully saturated rings. The fourth-order valence-corrected chi connectivity index (χ4v) is 8.99. The molecule has 2 saturated heterocycles. The molecule has 1 N–H and O–H groups in total. The van der Waals surface area contributed by atoms with Crippen molar-refractivity contribution in [2.75, 3.05) is 16.9 Å². The smallest absolute Gasteiger partial charge is 0.258 e. The number of allylic oxidation sites excluding steroid dienone is 2. The van der Waals surface area contributed by atoms with Crippen LogP contribution in [-0.4, -0.2) is 45.6 Å². The van der Waals surface area contributed by atoms with Crippen LogP contribution in [0.15, 0.2) is 66.2 Å². The summed E-state index contributed by atoms with van der Waals surface area (Å²) in [6, 6.07) is 12.5. The van der Waals surface area contributed by atoms with Crippen molar-refractivity contribution < 1.29 is 33.4 Å². The first-order valence-corrected chi connectivity index (χ1v) is 16.2. The zero-order valence-electron chi connectivity index (χ0n) is 24.8. The number of phenols is 1. The number of benzene rings is 3. The summed E-state index contributed by atoms with van der Waals surface area (Å²) < 4.78 is 19.2. The van der Waals surface area contributed by atoms with E-state index in [1.165, 1.54) is 31.4 Å². The lowest BCUT2D eigenvalue weighted by Crippen LogP contribution is -2.60. The van der Waals surface area contributed by atoms with E-state index in [0.29, 0.717) is 21.8 Å². The summed E-state index contributed by atoms with van der Waals surface area (Å²) in [6.07, 6.45) is 1.66. The Morgan fingerprint density at radius 3 is 2.21 bits per heavy atom. The summed E-state index contributed by atoms with van der Waals surface area (Å²) >= 11 is 27.5. The molecule has 3 aromatic rings. The Bertz CT molecular complexity index is 1950. The normalized spacial score (nSPS) is 29.9. The Hall–Kier alpha value is -3.63. The van der Waals surface area contributed by atoms with Gasteiger partial charge in [0.25, 0.3) is 11.8 Å². The highest BCUT2D eigenvalue weighted by Crippen LogP contribution is 2.66. The van der Waals surface area contributed by atoms with Gasteiger partial charge in [0.2, 0.25) is 11.8 Å². The molecule has 2 aliphatic carbocycles. The van der Waals surface area contributed by atoms with E-state index >= 15 is 0 Å². The molecule has 1 saturated carbocycles. The number of alkyl halides is 2. The van der Waals surface area contributed by atoms with Gasteiger partial charge in [-0.25, -0.2) is 14.2 Å². The molecule has 0 aromatic heterocycles. The second-order valence-electron chi connectivity index (χ2n) is 12.2. The van der Waals surface area contributed by atoms with E-state index in [1.54, 1.807) is 31.2 Å². The molecule has 8 nitrogen and oxygen atoms in total. The zero-order valence-corrected chi connectivity index (χ0v) is 27.8. The van der Waals surface area contributed by atoms with Crippen LogP contribution >= 0.6 is 46.4 Å². The second kappa shape index (κ2) is 11.0. The van der Waals surface area contributed by atoms with Crippen LogP contribution in [0.25, 0.3) is 0 Å². The van der Waals surface area contributed by atoms with Gasteiger partial charge in [0.1, 0.15) is 5.82 Å². The van der Waals surface area contributed by atoms with Crippen LogP contribution in [0.5, 0.6) is 11.5 Å². The van der Waals surface area contributed by atoms with Gasteiger partial charge in [-0.05, 0) is 85.3 Å². The molecular formula is C34H25Cl4FN2O6. The van der Waals surface area contributed by atoms with E-state index in [1.807, 2.05) is 0 Å². The van der Waals surface area contributed by atoms with E-state index in [9.17, 15) is 28.7 Å². The number of carbonyl (C=O) groups excluding carboxylic acids is 4. The number of methoxy groups -OCH3 is 1. The number of fused-ring (bicyclic) bond motifs is 4. The number of hydrogen-bond acceptors (Lipinski definition) is 6. The average Bonchev–Trinajstić information content (AvgIpc) is 3.38. The van der Waals surface area contributed by atoms with Crippen LogP contribution in [0.3, 0.4) is 0 Å². The van der Waals surface area contributed by atoms with Crippen LogP contribution < -0.4 is 14.5 Å². The van der Waals surface area contributed by atoms with Crippen LogP contribution in [0.4, 0.5) is 15.8 Å². The molecule has 13 heteroatoms. The van der Waals surface area contributed by atoms with Gasteiger partial charge in [-0.2, -0.15) is 0 Å². The minimum absolute atomic E-state index is 0.0222. The summed E-state index contributed by atoms with van der Waals surface area (Å²) in [5.74, 6) is -7.29. The van der Waals surface area contributed by atoms with Crippen LogP contribution in [0.1, 0.15) is 29.9 Å². The third-order valence-corrected chi connectivity index (χ3v) is 12.0. The third kappa shape index (κ3) is 4.32. The molecular weight excluding hydrogens is 693 g/mol. The van der Waals surface area contributed by atoms with Gasteiger partial charge in [-0.1, -0.05) is 40.9 Å². The number of aromatic hydroxyl groups is 1. The minimum Gasteiger partial charge on any atom is -0.503 e. The largest absolute Gasteiger partial charge is 0.503 e. The molecule has 3 aromatic carbocycles. The van der Waals surface area contributed by atoms with Crippen molar-refractivity contribution in [3.05, 3.63) is 93.2 Å². The fraction of sp³-hybridized carbons (Fsp3) is 0.294. The van der Waals surface area contributed by atoms with Crippen molar-refractivity contribution in [3.63, 3.8) is 0 Å². The Labute approximate surface area is 288 Å². The van der Waals surface area contributed by atoms with E-state index in [2.05, 4.69) is 0 Å². The molecule has 0 bridgehead atoms. The molecule has 4 amide bonds. The quantitative estimate of drug-likeness (QED) is 0.179. The maximum absolute atomic E-state index is 14.5. The number of rotatable bonds is 4. The van der Waals surface area contributed by atoms with Crippen LogP contribution in [-0.2, 0) is 19.2 Å². The highest BCUT2D eigenvalue weighted by Gasteiger charge is 2.76. The maximum Gasteiger partial charge on any atom is 0.258 e. The Kier molecular flexibility index (Phi) is 7.44. The fourth-order valence-electron chi connectivity index (χ4n) is 7.66. The van der Waals surface area contributed by atoms with Crippen molar-refractivity contribution in [1.29, 1.82) is 0 Å². The molecule has 47 heavy (non-hydrogen) atoms. The molecule has 6 unspecified atom stereocenters. The van der Waals surface area contributed by atoms with Crippen molar-refractivity contribution in [1.82, 2.24) is 0 Å². The molecule has 2 aliphatic heterocycles. The molecule has 242 valence electrons. The maximum atomic E-state index is 14.5. The number of ether oxygens (including phenoxy) is 1. The summed E-state index contributed by atoms with van der Waals surface area (Å²) in [4.78, 5) is 54.6. The SMILES string of the molecule is COc1cc(C2C3=CCC4C(=O)N(c5ccc(C)c(Cl)c5)C(=O)C4C3CC3(Cl)C(=O)N(c4ccc(F)cc4)C(=O)C23Cl)cc(Cl)c1O. The van der Waals surface area contributed by atoms with Gasteiger partial charge < -0.3 is 9.84 Å². The standard InChI is InChI=1S/C34H25Cl4FN2O6/c1-15-3-6-19(13-23(15)35)40-29(43)21-10-9-20-22(26(21)30(40)44)14-33(37)31(45)41(18-7-4-17(39)5-8-18)32(46)34(33,38)27(20)16-11-24(36)28(42)25(12-16)47-2/h3-9,11-13,21-22,26-27,42H,10,14H2,1-2H3. The van der Waals surface area contributed by atoms with Crippen LogP contribution in [0, 0.1) is 30.5 Å². The topological polar surface area (TPSA) is 104 Å². The summed E-state index contributed by atoms with van der Waals surface area (Å²) in [5, 5.41) is 10.8. The molecule has 4 aliphatic rings. The number of carbonyl (C=O) groups is 4. The van der Waals surface area contributed by atoms with Crippen LogP contribution in [0.2, 0.25) is 10.0 Å².